The standard InChI is InChI=1S/C15H13BrO3S/c1-2-12(17)10-3-5-11(6-4-10)19-9-13(18)14-7-8-15(16)20-14/h3-8H,2,9H2,1H3. The molecule has 20 heavy (non-hydrogen) atoms. The molecule has 0 amide bonds. The Morgan fingerprint density at radius 1 is 1.10 bits per heavy atom. The van der Waals surface area contributed by atoms with Gasteiger partial charge in [-0.3, -0.25) is 9.59 Å². The summed E-state index contributed by atoms with van der Waals surface area (Å²) in [5.41, 5.74) is 0.661. The Balaban J connectivity index is 1.94. The van der Waals surface area contributed by atoms with E-state index in [1.807, 2.05) is 13.0 Å². The van der Waals surface area contributed by atoms with E-state index in [0.29, 0.717) is 22.6 Å². The van der Waals surface area contributed by atoms with Crippen LogP contribution in [0.3, 0.4) is 0 Å². The summed E-state index contributed by atoms with van der Waals surface area (Å²) in [7, 11) is 0. The molecule has 0 aliphatic rings. The van der Waals surface area contributed by atoms with Gasteiger partial charge < -0.3 is 4.74 Å². The Kier molecular flexibility index (Phi) is 5.09. The Morgan fingerprint density at radius 2 is 1.80 bits per heavy atom. The van der Waals surface area contributed by atoms with E-state index in [4.69, 9.17) is 4.74 Å². The van der Waals surface area contributed by atoms with Gasteiger partial charge in [-0.05, 0) is 52.3 Å². The molecule has 2 aromatic rings. The Hall–Kier alpha value is -1.46. The number of thiophene rings is 1. The zero-order valence-electron chi connectivity index (χ0n) is 10.9. The van der Waals surface area contributed by atoms with Gasteiger partial charge in [0.05, 0.1) is 8.66 Å². The molecule has 0 saturated heterocycles. The first-order valence-electron chi connectivity index (χ1n) is 6.14. The van der Waals surface area contributed by atoms with Crippen molar-refractivity contribution in [3.8, 4) is 5.75 Å². The van der Waals surface area contributed by atoms with Crippen LogP contribution in [-0.4, -0.2) is 18.2 Å². The van der Waals surface area contributed by atoms with Gasteiger partial charge in [0, 0.05) is 12.0 Å². The molecule has 3 nitrogen and oxygen atoms in total. The molecule has 104 valence electrons. The highest BCUT2D eigenvalue weighted by Gasteiger charge is 2.10. The van der Waals surface area contributed by atoms with Gasteiger partial charge in [-0.2, -0.15) is 0 Å². The van der Waals surface area contributed by atoms with Crippen LogP contribution in [0.5, 0.6) is 5.75 Å². The van der Waals surface area contributed by atoms with E-state index in [1.165, 1.54) is 11.3 Å². The van der Waals surface area contributed by atoms with Crippen molar-refractivity contribution < 1.29 is 14.3 Å². The van der Waals surface area contributed by atoms with Gasteiger partial charge in [0.25, 0.3) is 0 Å². The predicted octanol–water partition coefficient (Wildman–Crippen LogP) is 4.37. The van der Waals surface area contributed by atoms with Crippen molar-refractivity contribution >= 4 is 38.8 Å². The molecule has 0 spiro atoms. The molecule has 0 N–H and O–H groups in total. The Morgan fingerprint density at radius 3 is 2.35 bits per heavy atom. The molecule has 0 unspecified atom stereocenters. The number of hydrogen-bond acceptors (Lipinski definition) is 4. The molecule has 0 fully saturated rings. The maximum absolute atomic E-state index is 11.9. The molecule has 1 aromatic heterocycles. The van der Waals surface area contributed by atoms with E-state index in [1.54, 1.807) is 30.3 Å². The summed E-state index contributed by atoms with van der Waals surface area (Å²) in [5.74, 6) is 0.618. The molecule has 0 saturated carbocycles. The van der Waals surface area contributed by atoms with Gasteiger partial charge in [0.1, 0.15) is 5.75 Å². The first-order valence-corrected chi connectivity index (χ1v) is 7.75. The van der Waals surface area contributed by atoms with E-state index < -0.39 is 0 Å². The Bertz CT molecular complexity index is 616. The summed E-state index contributed by atoms with van der Waals surface area (Å²) in [6.07, 6.45) is 0.478. The topological polar surface area (TPSA) is 43.4 Å². The molecule has 1 aromatic carbocycles. The molecule has 5 heteroatoms. The average Bonchev–Trinajstić information content (AvgIpc) is 2.91. The lowest BCUT2D eigenvalue weighted by Gasteiger charge is -2.05. The minimum atomic E-state index is -0.0607. The zero-order valence-corrected chi connectivity index (χ0v) is 13.3. The van der Waals surface area contributed by atoms with Gasteiger partial charge in [0.15, 0.2) is 12.4 Å². The molecule has 0 radical (unpaired) electrons. The van der Waals surface area contributed by atoms with Gasteiger partial charge in [-0.1, -0.05) is 6.92 Å². The molecule has 0 bridgehead atoms. The van der Waals surface area contributed by atoms with Gasteiger partial charge in [-0.25, -0.2) is 0 Å². The third kappa shape index (κ3) is 3.77. The van der Waals surface area contributed by atoms with Crippen molar-refractivity contribution in [1.29, 1.82) is 0 Å². The SMILES string of the molecule is CCC(=O)c1ccc(OCC(=O)c2ccc(Br)s2)cc1. The first-order chi connectivity index (χ1) is 9.60. The lowest BCUT2D eigenvalue weighted by molar-refractivity contribution is 0.0924. The second kappa shape index (κ2) is 6.81. The first kappa shape index (κ1) is 14.9. The molecular formula is C15H13BrO3S. The minimum absolute atomic E-state index is 0.00593. The molecular weight excluding hydrogens is 340 g/mol. The summed E-state index contributed by atoms with van der Waals surface area (Å²) < 4.78 is 6.35. The predicted molar refractivity (Wildman–Crippen MR) is 82.9 cm³/mol. The maximum atomic E-state index is 11.9. The molecule has 0 atom stereocenters. The third-order valence-electron chi connectivity index (χ3n) is 2.72. The molecule has 1 heterocycles. The maximum Gasteiger partial charge on any atom is 0.210 e. The van der Waals surface area contributed by atoms with E-state index in [-0.39, 0.29) is 18.2 Å². The number of halogens is 1. The molecule has 0 aliphatic carbocycles. The highest BCUT2D eigenvalue weighted by atomic mass is 79.9. The van der Waals surface area contributed by atoms with Crippen molar-refractivity contribution in [3.05, 3.63) is 50.6 Å². The van der Waals surface area contributed by atoms with Crippen LogP contribution in [-0.2, 0) is 0 Å². The lowest BCUT2D eigenvalue weighted by Crippen LogP contribution is -2.10. The fourth-order valence-electron chi connectivity index (χ4n) is 1.63. The number of ketones is 2. The minimum Gasteiger partial charge on any atom is -0.485 e. The van der Waals surface area contributed by atoms with Crippen molar-refractivity contribution in [2.75, 3.05) is 6.61 Å². The zero-order chi connectivity index (χ0) is 14.5. The van der Waals surface area contributed by atoms with Crippen LogP contribution in [0.2, 0.25) is 0 Å². The summed E-state index contributed by atoms with van der Waals surface area (Å²) in [4.78, 5) is 24.0. The third-order valence-corrected chi connectivity index (χ3v) is 4.38. The highest BCUT2D eigenvalue weighted by Crippen LogP contribution is 2.22. The number of ether oxygens (including phenoxy) is 1. The summed E-state index contributed by atoms with van der Waals surface area (Å²) in [5, 5.41) is 0. The largest absolute Gasteiger partial charge is 0.485 e. The fraction of sp³-hybridized carbons (Fsp3) is 0.200. The van der Waals surface area contributed by atoms with E-state index in [9.17, 15) is 9.59 Å². The molecule has 2 rings (SSSR count). The van der Waals surface area contributed by atoms with Crippen LogP contribution in [0, 0.1) is 0 Å². The summed E-state index contributed by atoms with van der Waals surface area (Å²) >= 11 is 4.70. The van der Waals surface area contributed by atoms with Crippen molar-refractivity contribution in [2.24, 2.45) is 0 Å². The lowest BCUT2D eigenvalue weighted by atomic mass is 10.1. The van der Waals surface area contributed by atoms with E-state index in [2.05, 4.69) is 15.9 Å². The van der Waals surface area contributed by atoms with Gasteiger partial charge >= 0.3 is 0 Å². The van der Waals surface area contributed by atoms with Crippen LogP contribution in [0.15, 0.2) is 40.2 Å². The van der Waals surface area contributed by atoms with Gasteiger partial charge in [-0.15, -0.1) is 11.3 Å². The number of hydrogen-bond donors (Lipinski definition) is 0. The number of carbonyl (C=O) groups is 2. The molecule has 0 aliphatic heterocycles. The van der Waals surface area contributed by atoms with Crippen LogP contribution >= 0.6 is 27.3 Å². The van der Waals surface area contributed by atoms with Crippen LogP contribution in [0.4, 0.5) is 0 Å². The number of carbonyl (C=O) groups excluding carboxylic acids is 2. The average molecular weight is 353 g/mol. The Labute approximate surface area is 129 Å². The number of rotatable bonds is 6. The quantitative estimate of drug-likeness (QED) is 0.725. The highest BCUT2D eigenvalue weighted by molar-refractivity contribution is 9.11. The van der Waals surface area contributed by atoms with E-state index in [0.717, 1.165) is 3.79 Å². The second-order valence-electron chi connectivity index (χ2n) is 4.12. The van der Waals surface area contributed by atoms with Gasteiger partial charge in [0.2, 0.25) is 5.78 Å². The second-order valence-corrected chi connectivity index (χ2v) is 6.58. The van der Waals surface area contributed by atoms with Crippen LogP contribution < -0.4 is 4.74 Å². The number of Topliss-reactive ketones (excluding diaryl/α,β-unsaturated/α-hetero) is 2. The summed E-state index contributed by atoms with van der Waals surface area (Å²) in [6.45, 7) is 1.82. The van der Waals surface area contributed by atoms with Crippen molar-refractivity contribution in [1.82, 2.24) is 0 Å². The van der Waals surface area contributed by atoms with E-state index >= 15 is 0 Å². The van der Waals surface area contributed by atoms with Crippen molar-refractivity contribution in [2.45, 2.75) is 13.3 Å². The monoisotopic (exact) mass is 352 g/mol. The fourth-order valence-corrected chi connectivity index (χ4v) is 2.94. The number of benzene rings is 1. The van der Waals surface area contributed by atoms with Crippen molar-refractivity contribution in [3.63, 3.8) is 0 Å². The normalized spacial score (nSPS) is 10.3. The van der Waals surface area contributed by atoms with Crippen LogP contribution in [0.25, 0.3) is 0 Å². The van der Waals surface area contributed by atoms with Crippen LogP contribution in [0.1, 0.15) is 33.4 Å². The summed E-state index contributed by atoms with van der Waals surface area (Å²) in [6, 6.07) is 10.5. The smallest absolute Gasteiger partial charge is 0.210 e.